The van der Waals surface area contributed by atoms with Gasteiger partial charge >= 0.3 is 6.03 Å². The zero-order valence-electron chi connectivity index (χ0n) is 22.8. The summed E-state index contributed by atoms with van der Waals surface area (Å²) in [7, 11) is 0. The Kier molecular flexibility index (Phi) is 8.46. The summed E-state index contributed by atoms with van der Waals surface area (Å²) in [5, 5.41) is 9.29. The van der Waals surface area contributed by atoms with Gasteiger partial charge in [0.05, 0.1) is 6.20 Å². The average Bonchev–Trinajstić information content (AvgIpc) is 3.50. The second-order valence-electron chi connectivity index (χ2n) is 11.3. The van der Waals surface area contributed by atoms with Crippen molar-refractivity contribution in [1.82, 2.24) is 15.0 Å². The molecule has 1 unspecified atom stereocenters. The molecule has 38 heavy (non-hydrogen) atoms. The molecule has 4 rings (SSSR count). The van der Waals surface area contributed by atoms with E-state index in [9.17, 15) is 9.59 Å². The molecule has 9 nitrogen and oxygen atoms in total. The Hall–Kier alpha value is -3.72. The summed E-state index contributed by atoms with van der Waals surface area (Å²) in [6, 6.07) is 11.9. The molecule has 3 aromatic rings. The molecule has 1 saturated heterocycles. The number of aromatic nitrogens is 2. The van der Waals surface area contributed by atoms with E-state index in [0.29, 0.717) is 34.6 Å². The van der Waals surface area contributed by atoms with E-state index in [-0.39, 0.29) is 23.7 Å². The van der Waals surface area contributed by atoms with Gasteiger partial charge < -0.3 is 14.6 Å². The van der Waals surface area contributed by atoms with Crippen molar-refractivity contribution in [2.24, 2.45) is 5.92 Å². The number of carbonyl (C=O) groups excluding carboxylic acids is 2. The maximum atomic E-state index is 12.7. The van der Waals surface area contributed by atoms with Crippen molar-refractivity contribution in [3.8, 4) is 5.75 Å². The Bertz CT molecular complexity index is 1230. The van der Waals surface area contributed by atoms with Crippen LogP contribution in [0.1, 0.15) is 62.9 Å². The number of amides is 2. The summed E-state index contributed by atoms with van der Waals surface area (Å²) in [6.45, 7) is 13.5. The van der Waals surface area contributed by atoms with E-state index in [4.69, 9.17) is 9.26 Å². The van der Waals surface area contributed by atoms with E-state index in [1.165, 1.54) is 0 Å². The lowest BCUT2D eigenvalue weighted by atomic mass is 9.93. The van der Waals surface area contributed by atoms with Crippen molar-refractivity contribution in [1.29, 1.82) is 0 Å². The molecule has 9 heteroatoms. The van der Waals surface area contributed by atoms with Crippen LogP contribution in [-0.2, 0) is 11.8 Å². The molecule has 1 aromatic carbocycles. The fraction of sp³-hybridized carbons (Fsp3) is 0.448. The molecule has 0 bridgehead atoms. The summed E-state index contributed by atoms with van der Waals surface area (Å²) in [6.07, 6.45) is 2.99. The van der Waals surface area contributed by atoms with Crippen molar-refractivity contribution in [2.45, 2.75) is 59.0 Å². The van der Waals surface area contributed by atoms with Gasteiger partial charge in [-0.2, -0.15) is 0 Å². The van der Waals surface area contributed by atoms with Gasteiger partial charge in [0.15, 0.2) is 11.6 Å². The molecule has 1 fully saturated rings. The van der Waals surface area contributed by atoms with Crippen LogP contribution in [0.25, 0.3) is 0 Å². The predicted octanol–water partition coefficient (Wildman–Crippen LogP) is 5.55. The van der Waals surface area contributed by atoms with Crippen molar-refractivity contribution in [3.05, 3.63) is 65.7 Å². The van der Waals surface area contributed by atoms with Crippen LogP contribution in [-0.4, -0.2) is 52.6 Å². The number of nitrogens with one attached hydrogen (secondary N) is 2. The number of urea groups is 1. The lowest BCUT2D eigenvalue weighted by Crippen LogP contribution is -2.28. The Morgan fingerprint density at radius 1 is 1.13 bits per heavy atom. The fourth-order valence-electron chi connectivity index (χ4n) is 4.33. The highest BCUT2D eigenvalue weighted by atomic mass is 16.5. The standard InChI is InChI=1S/C29H37N5O4/c1-19(2)17-34-13-12-23(18-34)37-22-10-11-24(30-16-22)25(35)14-20-6-8-21(9-7-20)31-28(36)32-27-15-26(38-33-27)29(3,4)5/h6-11,15-16,19,23H,12-14,17-18H2,1-5H3,(H2,31,32,33,36). The molecule has 3 heterocycles. The molecular weight excluding hydrogens is 482 g/mol. The second kappa shape index (κ2) is 11.8. The van der Waals surface area contributed by atoms with Gasteiger partial charge in [0.1, 0.15) is 23.3 Å². The van der Waals surface area contributed by atoms with Gasteiger partial charge in [0.2, 0.25) is 0 Å². The molecule has 202 valence electrons. The van der Waals surface area contributed by atoms with Gasteiger partial charge in [0, 0.05) is 43.2 Å². The third kappa shape index (κ3) is 7.64. The quantitative estimate of drug-likeness (QED) is 0.357. The first-order valence-electron chi connectivity index (χ1n) is 13.1. The van der Waals surface area contributed by atoms with Crippen molar-refractivity contribution in [2.75, 3.05) is 30.3 Å². The number of pyridine rings is 1. The van der Waals surface area contributed by atoms with Crippen molar-refractivity contribution < 1.29 is 18.8 Å². The topological polar surface area (TPSA) is 110 Å². The first-order chi connectivity index (χ1) is 18.0. The van der Waals surface area contributed by atoms with Gasteiger partial charge in [-0.15, -0.1) is 0 Å². The zero-order chi connectivity index (χ0) is 27.3. The smallest absolute Gasteiger partial charge is 0.324 e. The van der Waals surface area contributed by atoms with E-state index in [0.717, 1.165) is 31.6 Å². The lowest BCUT2D eigenvalue weighted by Gasteiger charge is -2.18. The summed E-state index contributed by atoms with van der Waals surface area (Å²) in [5.41, 5.74) is 1.61. The number of ketones is 1. The van der Waals surface area contributed by atoms with Crippen LogP contribution in [0.2, 0.25) is 0 Å². The van der Waals surface area contributed by atoms with Crippen molar-refractivity contribution >= 4 is 23.3 Å². The molecule has 1 aliphatic heterocycles. The number of anilines is 2. The van der Waals surface area contributed by atoms with Crippen LogP contribution in [0.15, 0.2) is 53.2 Å². The van der Waals surface area contributed by atoms with E-state index in [2.05, 4.69) is 39.5 Å². The van der Waals surface area contributed by atoms with Crippen LogP contribution in [0.5, 0.6) is 5.75 Å². The number of likely N-dealkylation sites (tertiary alicyclic amines) is 1. The highest BCUT2D eigenvalue weighted by Gasteiger charge is 2.24. The number of rotatable bonds is 9. The van der Waals surface area contributed by atoms with Gasteiger partial charge in [0.25, 0.3) is 0 Å². The minimum absolute atomic E-state index is 0.0836. The van der Waals surface area contributed by atoms with Gasteiger partial charge in [-0.25, -0.2) is 9.78 Å². The van der Waals surface area contributed by atoms with E-state index < -0.39 is 6.03 Å². The number of carbonyl (C=O) groups is 2. The van der Waals surface area contributed by atoms with Crippen LogP contribution in [0.4, 0.5) is 16.3 Å². The van der Waals surface area contributed by atoms with Crippen LogP contribution in [0.3, 0.4) is 0 Å². The summed E-state index contributed by atoms with van der Waals surface area (Å²) >= 11 is 0. The Morgan fingerprint density at radius 3 is 2.53 bits per heavy atom. The number of benzene rings is 1. The number of ether oxygens (including phenoxy) is 1. The Morgan fingerprint density at radius 2 is 1.89 bits per heavy atom. The molecule has 0 aliphatic carbocycles. The fourth-order valence-corrected chi connectivity index (χ4v) is 4.33. The summed E-state index contributed by atoms with van der Waals surface area (Å²) in [5.74, 6) is 2.27. The largest absolute Gasteiger partial charge is 0.487 e. The summed E-state index contributed by atoms with van der Waals surface area (Å²) < 4.78 is 11.4. The minimum atomic E-state index is -0.431. The Labute approximate surface area is 223 Å². The minimum Gasteiger partial charge on any atom is -0.487 e. The predicted molar refractivity (Wildman–Crippen MR) is 147 cm³/mol. The normalized spacial score (nSPS) is 16.0. The summed E-state index contributed by atoms with van der Waals surface area (Å²) in [4.78, 5) is 31.8. The molecule has 1 atom stereocenters. The number of nitrogens with zero attached hydrogens (tertiary/aromatic N) is 3. The third-order valence-corrected chi connectivity index (χ3v) is 6.24. The number of hydrogen-bond donors (Lipinski definition) is 2. The first-order valence-corrected chi connectivity index (χ1v) is 13.1. The zero-order valence-corrected chi connectivity index (χ0v) is 22.8. The average molecular weight is 520 g/mol. The highest BCUT2D eigenvalue weighted by Crippen LogP contribution is 2.24. The second-order valence-corrected chi connectivity index (χ2v) is 11.3. The van der Waals surface area contributed by atoms with Gasteiger partial charge in [-0.05, 0) is 42.2 Å². The van der Waals surface area contributed by atoms with Crippen molar-refractivity contribution in [3.63, 3.8) is 0 Å². The SMILES string of the molecule is CC(C)CN1CCC(Oc2ccc(C(=O)Cc3ccc(NC(=O)Nc4cc(C(C)(C)C)on4)cc3)nc2)C1. The number of hydrogen-bond acceptors (Lipinski definition) is 7. The Balaban J connectivity index is 1.24. The van der Waals surface area contributed by atoms with Gasteiger partial charge in [-0.3, -0.25) is 15.0 Å². The first kappa shape index (κ1) is 27.3. The molecule has 0 spiro atoms. The van der Waals surface area contributed by atoms with Crippen LogP contribution >= 0.6 is 0 Å². The molecule has 0 saturated carbocycles. The highest BCUT2D eigenvalue weighted by molar-refractivity contribution is 5.99. The molecule has 2 amide bonds. The molecule has 2 aromatic heterocycles. The maximum absolute atomic E-state index is 12.7. The van der Waals surface area contributed by atoms with Gasteiger partial charge in [-0.1, -0.05) is 51.9 Å². The third-order valence-electron chi connectivity index (χ3n) is 6.24. The number of Topliss-reactive ketones (excluding diaryl/α,β-unsaturated/α-hetero) is 1. The van der Waals surface area contributed by atoms with E-state index in [1.54, 1.807) is 30.5 Å². The lowest BCUT2D eigenvalue weighted by molar-refractivity contribution is 0.0988. The maximum Gasteiger partial charge on any atom is 0.324 e. The molecule has 0 radical (unpaired) electrons. The monoisotopic (exact) mass is 519 g/mol. The molecule has 2 N–H and O–H groups in total. The van der Waals surface area contributed by atoms with E-state index in [1.807, 2.05) is 39.0 Å². The molecule has 1 aliphatic rings. The molecular formula is C29H37N5O4. The van der Waals surface area contributed by atoms with Crippen LogP contribution < -0.4 is 15.4 Å². The van der Waals surface area contributed by atoms with Crippen LogP contribution in [0, 0.1) is 5.92 Å². The van der Waals surface area contributed by atoms with E-state index >= 15 is 0 Å².